The maximum Gasteiger partial charge on any atom is 0.236 e. The van der Waals surface area contributed by atoms with Crippen LogP contribution in [-0.4, -0.2) is 65.9 Å². The fraction of sp³-hybridized carbons (Fsp3) is 0.400. The highest BCUT2D eigenvalue weighted by molar-refractivity contribution is 5.78. The lowest BCUT2D eigenvalue weighted by atomic mass is 10.2. The molecule has 0 N–H and O–H groups in total. The van der Waals surface area contributed by atoms with E-state index in [1.807, 2.05) is 17.0 Å². The van der Waals surface area contributed by atoms with Crippen molar-refractivity contribution < 1.29 is 4.79 Å². The number of carbonyl (C=O) groups is 1. The van der Waals surface area contributed by atoms with Crippen molar-refractivity contribution in [3.8, 4) is 0 Å². The topological polar surface area (TPSA) is 26.8 Å². The molecule has 0 spiro atoms. The maximum atomic E-state index is 12.9. The van der Waals surface area contributed by atoms with Crippen LogP contribution in [0.1, 0.15) is 25.0 Å². The lowest BCUT2D eigenvalue weighted by Gasteiger charge is -2.36. The van der Waals surface area contributed by atoms with E-state index in [1.165, 1.54) is 11.1 Å². The van der Waals surface area contributed by atoms with Crippen molar-refractivity contribution in [2.24, 2.45) is 0 Å². The average Bonchev–Trinajstić information content (AvgIpc) is 2.75. The summed E-state index contributed by atoms with van der Waals surface area (Å²) in [6.45, 7) is 10.1. The summed E-state index contributed by atoms with van der Waals surface area (Å²) in [5, 5.41) is 0. The van der Waals surface area contributed by atoms with E-state index in [-0.39, 0.29) is 5.91 Å². The van der Waals surface area contributed by atoms with Crippen molar-refractivity contribution in [1.82, 2.24) is 14.7 Å². The van der Waals surface area contributed by atoms with Crippen molar-refractivity contribution in [2.75, 3.05) is 39.3 Å². The Morgan fingerprint density at radius 3 is 2.21 bits per heavy atom. The van der Waals surface area contributed by atoms with Gasteiger partial charge < -0.3 is 4.90 Å². The Labute approximate surface area is 175 Å². The lowest BCUT2D eigenvalue weighted by molar-refractivity contribution is -0.134. The lowest BCUT2D eigenvalue weighted by Crippen LogP contribution is -2.51. The minimum absolute atomic E-state index is 0.245. The number of hydrogen-bond donors (Lipinski definition) is 0. The molecule has 4 nitrogen and oxygen atoms in total. The number of piperazine rings is 1. The summed E-state index contributed by atoms with van der Waals surface area (Å²) in [5.74, 6) is 0.245. The molecule has 4 heteroatoms. The molecular formula is C25H33N3O. The van der Waals surface area contributed by atoms with Gasteiger partial charge in [0, 0.05) is 45.3 Å². The first-order chi connectivity index (χ1) is 14.1. The smallest absolute Gasteiger partial charge is 0.236 e. The second-order valence-corrected chi connectivity index (χ2v) is 7.98. The number of nitrogens with zero attached hydrogens (tertiary/aromatic N) is 3. The molecule has 0 unspecified atom stereocenters. The van der Waals surface area contributed by atoms with Crippen molar-refractivity contribution in [1.29, 1.82) is 0 Å². The van der Waals surface area contributed by atoms with E-state index < -0.39 is 0 Å². The zero-order chi connectivity index (χ0) is 20.5. The van der Waals surface area contributed by atoms with Gasteiger partial charge in [0.15, 0.2) is 0 Å². The van der Waals surface area contributed by atoms with Crippen LogP contribution in [0.5, 0.6) is 0 Å². The highest BCUT2D eigenvalue weighted by Crippen LogP contribution is 2.10. The van der Waals surface area contributed by atoms with Gasteiger partial charge in [-0.15, -0.1) is 0 Å². The second kappa shape index (κ2) is 10.9. The van der Waals surface area contributed by atoms with Gasteiger partial charge in [-0.3, -0.25) is 14.6 Å². The molecule has 29 heavy (non-hydrogen) atoms. The Bertz CT molecular complexity index is 765. The highest BCUT2D eigenvalue weighted by Gasteiger charge is 2.23. The van der Waals surface area contributed by atoms with E-state index >= 15 is 0 Å². The van der Waals surface area contributed by atoms with Crippen LogP contribution in [0.2, 0.25) is 0 Å². The summed E-state index contributed by atoms with van der Waals surface area (Å²) < 4.78 is 0. The third-order valence-electron chi connectivity index (χ3n) is 5.50. The van der Waals surface area contributed by atoms with Gasteiger partial charge >= 0.3 is 0 Å². The number of benzene rings is 2. The Balaban J connectivity index is 1.44. The molecule has 0 atom stereocenters. The molecule has 154 valence electrons. The molecule has 0 radical (unpaired) electrons. The van der Waals surface area contributed by atoms with Gasteiger partial charge in [0.05, 0.1) is 6.54 Å². The van der Waals surface area contributed by atoms with E-state index in [4.69, 9.17) is 0 Å². The van der Waals surface area contributed by atoms with Gasteiger partial charge in [0.25, 0.3) is 0 Å². The van der Waals surface area contributed by atoms with Crippen LogP contribution in [0.15, 0.2) is 66.7 Å². The van der Waals surface area contributed by atoms with Gasteiger partial charge in [-0.1, -0.05) is 72.8 Å². The SMILES string of the molecule is CC(C)N(CC(=O)N1CCN(C/C=C/c2ccccc2)CC1)Cc1ccccc1. The Kier molecular flexibility index (Phi) is 8.03. The Morgan fingerprint density at radius 2 is 1.59 bits per heavy atom. The predicted octanol–water partition coefficient (Wildman–Crippen LogP) is 3.75. The molecule has 1 fully saturated rings. The van der Waals surface area contributed by atoms with Gasteiger partial charge in [0.2, 0.25) is 5.91 Å². The largest absolute Gasteiger partial charge is 0.339 e. The molecule has 2 aromatic rings. The quantitative estimate of drug-likeness (QED) is 0.686. The number of hydrogen-bond acceptors (Lipinski definition) is 3. The summed E-state index contributed by atoms with van der Waals surface area (Å²) in [6.07, 6.45) is 4.38. The first-order valence-electron chi connectivity index (χ1n) is 10.6. The van der Waals surface area contributed by atoms with Gasteiger partial charge in [-0.2, -0.15) is 0 Å². The van der Waals surface area contributed by atoms with Crippen molar-refractivity contribution in [3.05, 3.63) is 77.9 Å². The molecule has 0 aliphatic carbocycles. The zero-order valence-corrected chi connectivity index (χ0v) is 17.7. The molecule has 1 aliphatic heterocycles. The molecule has 2 aromatic carbocycles. The molecule has 1 saturated heterocycles. The third kappa shape index (κ3) is 6.84. The maximum absolute atomic E-state index is 12.9. The number of carbonyl (C=O) groups excluding carboxylic acids is 1. The van der Waals surface area contributed by atoms with Crippen LogP contribution >= 0.6 is 0 Å². The monoisotopic (exact) mass is 391 g/mol. The first kappa shape index (κ1) is 21.3. The van der Waals surface area contributed by atoms with Gasteiger partial charge in [-0.25, -0.2) is 0 Å². The summed E-state index contributed by atoms with van der Waals surface area (Å²) >= 11 is 0. The summed E-state index contributed by atoms with van der Waals surface area (Å²) in [5.41, 5.74) is 2.48. The predicted molar refractivity (Wildman–Crippen MR) is 120 cm³/mol. The van der Waals surface area contributed by atoms with Crippen LogP contribution in [0, 0.1) is 0 Å². The van der Waals surface area contributed by atoms with E-state index in [9.17, 15) is 4.79 Å². The highest BCUT2D eigenvalue weighted by atomic mass is 16.2. The molecule has 1 heterocycles. The van der Waals surface area contributed by atoms with Crippen molar-refractivity contribution >= 4 is 12.0 Å². The molecular weight excluding hydrogens is 358 g/mol. The second-order valence-electron chi connectivity index (χ2n) is 7.98. The van der Waals surface area contributed by atoms with Crippen LogP contribution in [-0.2, 0) is 11.3 Å². The zero-order valence-electron chi connectivity index (χ0n) is 17.7. The Morgan fingerprint density at radius 1 is 0.966 bits per heavy atom. The number of rotatable bonds is 8. The van der Waals surface area contributed by atoms with Crippen LogP contribution < -0.4 is 0 Å². The van der Waals surface area contributed by atoms with Gasteiger partial charge in [-0.05, 0) is 25.0 Å². The molecule has 1 amide bonds. The fourth-order valence-electron chi connectivity index (χ4n) is 3.59. The molecule has 0 bridgehead atoms. The minimum Gasteiger partial charge on any atom is -0.339 e. The average molecular weight is 392 g/mol. The summed E-state index contributed by atoms with van der Waals surface area (Å²) in [6, 6.07) is 21.1. The van der Waals surface area contributed by atoms with E-state index in [0.717, 1.165) is 39.3 Å². The Hall–Kier alpha value is -2.43. The van der Waals surface area contributed by atoms with E-state index in [1.54, 1.807) is 0 Å². The molecule has 0 saturated carbocycles. The van der Waals surface area contributed by atoms with Crippen LogP contribution in [0.25, 0.3) is 6.08 Å². The summed E-state index contributed by atoms with van der Waals surface area (Å²) in [7, 11) is 0. The number of amides is 1. The van der Waals surface area contributed by atoms with Crippen molar-refractivity contribution in [3.63, 3.8) is 0 Å². The third-order valence-corrected chi connectivity index (χ3v) is 5.50. The summed E-state index contributed by atoms with van der Waals surface area (Å²) in [4.78, 5) is 19.6. The van der Waals surface area contributed by atoms with Gasteiger partial charge in [0.1, 0.15) is 0 Å². The van der Waals surface area contributed by atoms with Crippen LogP contribution in [0.4, 0.5) is 0 Å². The first-order valence-corrected chi connectivity index (χ1v) is 10.6. The minimum atomic E-state index is 0.245. The van der Waals surface area contributed by atoms with E-state index in [2.05, 4.69) is 84.3 Å². The molecule has 1 aliphatic rings. The van der Waals surface area contributed by atoms with Crippen molar-refractivity contribution in [2.45, 2.75) is 26.4 Å². The fourth-order valence-corrected chi connectivity index (χ4v) is 3.59. The molecule has 0 aromatic heterocycles. The molecule has 3 rings (SSSR count). The van der Waals surface area contributed by atoms with Crippen LogP contribution in [0.3, 0.4) is 0 Å². The normalized spacial score (nSPS) is 15.5. The standard InChI is InChI=1S/C25H33N3O/c1-22(2)28(20-24-12-7-4-8-13-24)21-25(29)27-18-16-26(17-19-27)15-9-14-23-10-5-3-6-11-23/h3-14,22H,15-21H2,1-2H3/b14-9+. The van der Waals surface area contributed by atoms with E-state index in [0.29, 0.717) is 12.6 Å².